The van der Waals surface area contributed by atoms with Gasteiger partial charge in [0.25, 0.3) is 0 Å². The average molecular weight is 610 g/mol. The largest absolute Gasteiger partial charge is 0.309 e. The third-order valence-electron chi connectivity index (χ3n) is 8.68. The van der Waals surface area contributed by atoms with Crippen LogP contribution < -0.4 is 4.90 Å². The molecule has 0 atom stereocenters. The van der Waals surface area contributed by atoms with Gasteiger partial charge in [0, 0.05) is 47.0 Å². The first-order chi connectivity index (χ1) is 22.3. The molecule has 0 fully saturated rings. The summed E-state index contributed by atoms with van der Waals surface area (Å²) in [5.74, 6) is 0. The van der Waals surface area contributed by atoms with E-state index in [2.05, 4.69) is 169 Å². The highest BCUT2D eigenvalue weighted by molar-refractivity contribution is 7.26. The van der Waals surface area contributed by atoms with E-state index in [1.54, 1.807) is 0 Å². The van der Waals surface area contributed by atoms with Gasteiger partial charge in [0.1, 0.15) is 0 Å². The zero-order chi connectivity index (χ0) is 29.7. The highest BCUT2D eigenvalue weighted by Crippen LogP contribution is 2.48. The Labute approximate surface area is 269 Å². The summed E-state index contributed by atoms with van der Waals surface area (Å²) in [5, 5.41) is 5.29. The topological polar surface area (TPSA) is 3.24 Å². The lowest BCUT2D eigenvalue weighted by atomic mass is 9.97. The van der Waals surface area contributed by atoms with Crippen molar-refractivity contribution in [1.82, 2.24) is 0 Å². The molecule has 9 aromatic rings. The standard InChI is InChI=1S/C42H27NS2/c1-3-12-28(13-4-1)33-26-27-36(42-41(33)35-17-8-10-20-38(35)45-42)43(30-14-5-2-6-15-30)31-24-22-29(23-25-31)32-18-11-21-39-40(32)34-16-7-9-19-37(34)44-39/h1-27H. The Hall–Kier alpha value is -5.22. The summed E-state index contributed by atoms with van der Waals surface area (Å²) in [7, 11) is 0. The highest BCUT2D eigenvalue weighted by atomic mass is 32.1. The third-order valence-corrected chi connectivity index (χ3v) is 11.0. The van der Waals surface area contributed by atoms with E-state index in [1.807, 2.05) is 22.7 Å². The van der Waals surface area contributed by atoms with Crippen molar-refractivity contribution in [3.63, 3.8) is 0 Å². The molecule has 0 radical (unpaired) electrons. The number of fused-ring (bicyclic) bond motifs is 6. The molecule has 0 unspecified atom stereocenters. The van der Waals surface area contributed by atoms with E-state index >= 15 is 0 Å². The van der Waals surface area contributed by atoms with E-state index in [0.717, 1.165) is 11.4 Å². The smallest absolute Gasteiger partial charge is 0.0640 e. The molecule has 0 aliphatic heterocycles. The summed E-state index contributed by atoms with van der Waals surface area (Å²) in [4.78, 5) is 2.41. The van der Waals surface area contributed by atoms with Crippen LogP contribution in [0.25, 0.3) is 62.6 Å². The number of anilines is 3. The minimum atomic E-state index is 1.14. The molecule has 3 heteroatoms. The van der Waals surface area contributed by atoms with Crippen molar-refractivity contribution in [2.75, 3.05) is 4.90 Å². The molecule has 7 aromatic carbocycles. The molecule has 0 spiro atoms. The van der Waals surface area contributed by atoms with Crippen LogP contribution in [0.5, 0.6) is 0 Å². The van der Waals surface area contributed by atoms with Gasteiger partial charge < -0.3 is 4.90 Å². The number of hydrogen-bond donors (Lipinski definition) is 0. The van der Waals surface area contributed by atoms with Gasteiger partial charge >= 0.3 is 0 Å². The van der Waals surface area contributed by atoms with Crippen molar-refractivity contribution in [1.29, 1.82) is 0 Å². The monoisotopic (exact) mass is 609 g/mol. The Morgan fingerprint density at radius 3 is 1.67 bits per heavy atom. The molecule has 0 aliphatic carbocycles. The number of thiophene rings is 2. The first-order valence-corrected chi connectivity index (χ1v) is 16.8. The van der Waals surface area contributed by atoms with Gasteiger partial charge in [0.2, 0.25) is 0 Å². The Balaban J connectivity index is 1.24. The van der Waals surface area contributed by atoms with E-state index in [9.17, 15) is 0 Å². The predicted molar refractivity (Wildman–Crippen MR) is 198 cm³/mol. The fourth-order valence-electron chi connectivity index (χ4n) is 6.66. The second-order valence-electron chi connectivity index (χ2n) is 11.3. The second-order valence-corrected chi connectivity index (χ2v) is 13.4. The molecule has 212 valence electrons. The van der Waals surface area contributed by atoms with Crippen molar-refractivity contribution in [3.05, 3.63) is 164 Å². The van der Waals surface area contributed by atoms with Crippen molar-refractivity contribution in [2.45, 2.75) is 0 Å². The first-order valence-electron chi connectivity index (χ1n) is 15.2. The van der Waals surface area contributed by atoms with E-state index in [-0.39, 0.29) is 0 Å². The Morgan fingerprint density at radius 2 is 0.911 bits per heavy atom. The molecule has 0 aliphatic rings. The van der Waals surface area contributed by atoms with Crippen LogP contribution >= 0.6 is 22.7 Å². The first kappa shape index (κ1) is 26.2. The minimum absolute atomic E-state index is 1.14. The van der Waals surface area contributed by atoms with Gasteiger partial charge in [-0.1, -0.05) is 115 Å². The number of benzene rings is 7. The van der Waals surface area contributed by atoms with Crippen LogP contribution in [0.2, 0.25) is 0 Å². The zero-order valence-electron chi connectivity index (χ0n) is 24.4. The maximum atomic E-state index is 2.41. The van der Waals surface area contributed by atoms with Crippen LogP contribution in [0.1, 0.15) is 0 Å². The van der Waals surface area contributed by atoms with Crippen LogP contribution in [0.15, 0.2) is 164 Å². The van der Waals surface area contributed by atoms with Crippen molar-refractivity contribution >= 4 is 80.1 Å². The van der Waals surface area contributed by atoms with Gasteiger partial charge in [-0.2, -0.15) is 0 Å². The summed E-state index contributed by atoms with van der Waals surface area (Å²) in [6, 6.07) is 59.5. The molecule has 0 saturated heterocycles. The number of para-hydroxylation sites is 1. The van der Waals surface area contributed by atoms with Gasteiger partial charge in [-0.05, 0) is 70.8 Å². The molecule has 0 N–H and O–H groups in total. The van der Waals surface area contributed by atoms with Gasteiger partial charge in [0.05, 0.1) is 10.4 Å². The Bertz CT molecular complexity index is 2470. The van der Waals surface area contributed by atoms with Crippen molar-refractivity contribution in [2.24, 2.45) is 0 Å². The molecule has 0 amide bonds. The number of rotatable bonds is 5. The minimum Gasteiger partial charge on any atom is -0.309 e. The maximum absolute atomic E-state index is 2.41. The molecule has 45 heavy (non-hydrogen) atoms. The molecule has 2 heterocycles. The van der Waals surface area contributed by atoms with Gasteiger partial charge in [-0.3, -0.25) is 0 Å². The molecule has 2 aromatic heterocycles. The second kappa shape index (κ2) is 10.7. The van der Waals surface area contributed by atoms with E-state index in [0.29, 0.717) is 0 Å². The fourth-order valence-corrected chi connectivity index (χ4v) is 9.02. The van der Waals surface area contributed by atoms with Gasteiger partial charge in [0.15, 0.2) is 0 Å². The summed E-state index contributed by atoms with van der Waals surface area (Å²) in [6.07, 6.45) is 0. The van der Waals surface area contributed by atoms with Crippen LogP contribution in [0.3, 0.4) is 0 Å². The lowest BCUT2D eigenvalue weighted by Crippen LogP contribution is -2.10. The lowest BCUT2D eigenvalue weighted by molar-refractivity contribution is 1.30. The average Bonchev–Trinajstić information content (AvgIpc) is 3.69. The number of hydrogen-bond acceptors (Lipinski definition) is 3. The van der Waals surface area contributed by atoms with Crippen molar-refractivity contribution < 1.29 is 0 Å². The van der Waals surface area contributed by atoms with E-state index < -0.39 is 0 Å². The molecular formula is C42H27NS2. The normalized spacial score (nSPS) is 11.6. The van der Waals surface area contributed by atoms with Crippen molar-refractivity contribution in [3.8, 4) is 22.3 Å². The molecule has 0 saturated carbocycles. The van der Waals surface area contributed by atoms with E-state index in [1.165, 1.54) is 68.3 Å². The van der Waals surface area contributed by atoms with Gasteiger partial charge in [-0.25, -0.2) is 0 Å². The van der Waals surface area contributed by atoms with E-state index in [4.69, 9.17) is 0 Å². The fraction of sp³-hybridized carbons (Fsp3) is 0. The SMILES string of the molecule is c1ccc(-c2ccc(N(c3ccccc3)c3ccc(-c4cccc5sc6ccccc6c45)cc3)c3sc4ccccc4c23)cc1. The summed E-state index contributed by atoms with van der Waals surface area (Å²) in [6.45, 7) is 0. The van der Waals surface area contributed by atoms with Gasteiger partial charge in [-0.15, -0.1) is 22.7 Å². The summed E-state index contributed by atoms with van der Waals surface area (Å²) < 4.78 is 5.25. The molecule has 0 bridgehead atoms. The lowest BCUT2D eigenvalue weighted by Gasteiger charge is -2.27. The van der Waals surface area contributed by atoms with Crippen LogP contribution in [0, 0.1) is 0 Å². The third kappa shape index (κ3) is 4.35. The number of nitrogens with zero attached hydrogens (tertiary/aromatic N) is 1. The van der Waals surface area contributed by atoms with Crippen LogP contribution in [0.4, 0.5) is 17.1 Å². The predicted octanol–water partition coefficient (Wildman–Crippen LogP) is 13.2. The molecule has 1 nitrogen and oxygen atoms in total. The van der Waals surface area contributed by atoms with Crippen LogP contribution in [-0.2, 0) is 0 Å². The highest BCUT2D eigenvalue weighted by Gasteiger charge is 2.21. The maximum Gasteiger partial charge on any atom is 0.0640 e. The quantitative estimate of drug-likeness (QED) is 0.188. The summed E-state index contributed by atoms with van der Waals surface area (Å²) >= 11 is 3.75. The summed E-state index contributed by atoms with van der Waals surface area (Å²) in [5.41, 5.74) is 8.49. The Kier molecular flexibility index (Phi) is 6.26. The Morgan fingerprint density at radius 1 is 0.356 bits per heavy atom. The zero-order valence-corrected chi connectivity index (χ0v) is 26.0. The molecule has 9 rings (SSSR count). The molecular weight excluding hydrogens is 583 g/mol. The van der Waals surface area contributed by atoms with Crippen LogP contribution in [-0.4, -0.2) is 0 Å².